The van der Waals surface area contributed by atoms with Crippen molar-refractivity contribution in [2.75, 3.05) is 52.9 Å². The third kappa shape index (κ3) is 19.1. The minimum Gasteiger partial charge on any atom is -0.553 e. The van der Waals surface area contributed by atoms with Crippen LogP contribution in [0.3, 0.4) is 0 Å². The molecular weight excluding hydrogens is 1010 g/mol. The van der Waals surface area contributed by atoms with Crippen molar-refractivity contribution >= 4 is 10.9 Å². The summed E-state index contributed by atoms with van der Waals surface area (Å²) >= 11 is 0. The van der Waals surface area contributed by atoms with Gasteiger partial charge in [0.25, 0.3) is 0 Å². The minimum atomic E-state index is -0.729. The second-order valence-corrected chi connectivity index (χ2v) is 7.13. The SMILES string of the molecule is [CH2-]OCC(O)COCCO.[CH2-]OCC(O)CO[CH2-].[CH2-]OCC(O)COc1ccc2ccc(=O)[nH]c2c1.[Rf].[Rf]. The number of hydrogen-bond acceptors (Lipinski definition) is 11. The first-order valence-electron chi connectivity index (χ1n) is 10.8. The van der Waals surface area contributed by atoms with Gasteiger partial charge < -0.3 is 53.8 Å². The first-order chi connectivity index (χ1) is 17.3. The molecule has 1 aromatic carbocycles. The van der Waals surface area contributed by atoms with Gasteiger partial charge in [-0.05, 0) is 23.6 Å². The molecule has 0 saturated heterocycles. The Morgan fingerprint density at radius 3 is 1.71 bits per heavy atom. The average molecular weight is 1050 g/mol. The van der Waals surface area contributed by atoms with E-state index in [2.05, 4.69) is 52.4 Å². The van der Waals surface area contributed by atoms with E-state index in [4.69, 9.17) is 24.8 Å². The Kier molecular flexibility index (Phi) is 24.8. The molecule has 0 saturated carbocycles. The molecule has 12 nitrogen and oxygen atoms in total. The van der Waals surface area contributed by atoms with Gasteiger partial charge in [0, 0.05) is 38.6 Å². The molecule has 212 valence electrons. The molecule has 0 spiro atoms. The number of pyridine rings is 1. The smallest absolute Gasteiger partial charge is 0.248 e. The summed E-state index contributed by atoms with van der Waals surface area (Å²) in [6.45, 7) is 1.15. The van der Waals surface area contributed by atoms with Crippen molar-refractivity contribution < 1.29 is 48.8 Å². The van der Waals surface area contributed by atoms with Crippen molar-refractivity contribution in [3.63, 3.8) is 0 Å². The van der Waals surface area contributed by atoms with Crippen LogP contribution in [0.4, 0.5) is 0 Å². The number of ether oxygens (including phenoxy) is 6. The van der Waals surface area contributed by atoms with Gasteiger partial charge in [-0.2, -0.15) is 0 Å². The number of aliphatic hydroxyl groups is 4. The van der Waals surface area contributed by atoms with Crippen molar-refractivity contribution in [2.45, 2.75) is 18.3 Å². The van der Waals surface area contributed by atoms with Crippen molar-refractivity contribution in [3.8, 4) is 5.75 Å². The van der Waals surface area contributed by atoms with Crippen LogP contribution in [0.2, 0.25) is 0 Å². The molecule has 14 heteroatoms. The fourth-order valence-corrected chi connectivity index (χ4v) is 2.38. The second kappa shape index (κ2) is 24.6. The van der Waals surface area contributed by atoms with Gasteiger partial charge in [-0.1, -0.05) is 0 Å². The molecule has 38 heavy (non-hydrogen) atoms. The minimum absolute atomic E-state index is 0. The molecule has 2 unspecified atom stereocenters. The van der Waals surface area contributed by atoms with Gasteiger partial charge in [-0.25, -0.2) is 28.4 Å². The fraction of sp³-hybridized carbons (Fsp3) is 0.458. The molecule has 2 atom stereocenters. The predicted octanol–water partition coefficient (Wildman–Crippen LogP) is 0.204. The van der Waals surface area contributed by atoms with Crippen molar-refractivity contribution in [1.82, 2.24) is 4.98 Å². The van der Waals surface area contributed by atoms with Crippen LogP contribution in [0.5, 0.6) is 5.75 Å². The Bertz CT molecular complexity index is 838. The van der Waals surface area contributed by atoms with E-state index >= 15 is 0 Å². The summed E-state index contributed by atoms with van der Waals surface area (Å²) in [5.74, 6) is 0.576. The first kappa shape index (κ1) is 38.4. The maximum Gasteiger partial charge on any atom is 0.248 e. The molecule has 0 bridgehead atoms. The number of aromatic nitrogens is 1. The zero-order valence-corrected chi connectivity index (χ0v) is 34.5. The number of hydrogen-bond donors (Lipinski definition) is 5. The number of fused-ring (bicyclic) bond motifs is 1. The zero-order chi connectivity index (χ0) is 27.2. The largest absolute Gasteiger partial charge is 0.553 e. The summed E-state index contributed by atoms with van der Waals surface area (Å²) in [6.07, 6.45) is -1.98. The molecule has 0 fully saturated rings. The monoisotopic (exact) mass is 1050 g/mol. The summed E-state index contributed by atoms with van der Waals surface area (Å²) in [5, 5.41) is 36.2. The Labute approximate surface area is 211 Å². The summed E-state index contributed by atoms with van der Waals surface area (Å²) in [5.41, 5.74) is 0.535. The summed E-state index contributed by atoms with van der Waals surface area (Å²) in [4.78, 5) is 13.9. The van der Waals surface area contributed by atoms with E-state index in [0.29, 0.717) is 11.3 Å². The first-order valence-corrected chi connectivity index (χ1v) is 10.8. The summed E-state index contributed by atoms with van der Waals surface area (Å²) in [6, 6.07) is 8.54. The van der Waals surface area contributed by atoms with Crippen LogP contribution < -0.4 is 10.3 Å². The molecule has 0 aliphatic heterocycles. The van der Waals surface area contributed by atoms with Crippen LogP contribution >= 0.6 is 0 Å². The Morgan fingerprint density at radius 1 is 0.737 bits per heavy atom. The van der Waals surface area contributed by atoms with Gasteiger partial charge in [0.1, 0.15) is 18.5 Å². The molecule has 0 radical (unpaired) electrons. The topological polar surface area (TPSA) is 169 Å². The zero-order valence-electron chi connectivity index (χ0n) is 21.7. The number of H-pyrrole nitrogens is 1. The Hall–Kier alpha value is -4.13. The van der Waals surface area contributed by atoms with Crippen molar-refractivity contribution in [2.24, 2.45) is 0 Å². The molecule has 5 N–H and O–H groups in total. The normalized spacial score (nSPS) is 11.7. The Balaban J connectivity index is -0.000000527. The molecule has 1 heterocycles. The van der Waals surface area contributed by atoms with Gasteiger partial charge in [0.15, 0.2) is 0 Å². The maximum absolute atomic E-state index is 11.2. The third-order valence-corrected chi connectivity index (χ3v) is 3.93. The molecule has 2 rings (SSSR count). The van der Waals surface area contributed by atoms with Crippen molar-refractivity contribution in [1.29, 1.82) is 0 Å². The standard InChI is InChI=1S/C13H14NO4.C6H13O4.C5H10O3.2Rf/c1-17-7-10(15)8-18-11-4-2-9-3-5-13(16)14-12(9)6-11;1-9-4-6(8)5-10-3-2-7;1-7-3-5(6)4-8-2;;/h2-6,10,15H,1,7-8H2,(H,14,16);6-8H,1-5H2;5-6H,1-4H2;;/q2*-1;-2;;. The third-order valence-electron chi connectivity index (χ3n) is 3.93. The fourth-order valence-electron chi connectivity index (χ4n) is 2.38. The number of aliphatic hydroxyl groups excluding tert-OH is 4. The number of aromatic amines is 1. The van der Waals surface area contributed by atoms with Gasteiger partial charge in [-0.3, -0.25) is 4.79 Å². The predicted molar refractivity (Wildman–Crippen MR) is 131 cm³/mol. The molecule has 0 aliphatic carbocycles. The Morgan fingerprint density at radius 2 is 1.21 bits per heavy atom. The summed E-state index contributed by atoms with van der Waals surface area (Å²) in [7, 11) is 12.4. The van der Waals surface area contributed by atoms with E-state index in [0.717, 1.165) is 5.39 Å². The van der Waals surface area contributed by atoms with E-state index < -0.39 is 18.3 Å². The van der Waals surface area contributed by atoms with Crippen LogP contribution in [0, 0.1) is 28.4 Å². The molecule has 0 aliphatic rings. The van der Waals surface area contributed by atoms with Gasteiger partial charge in [0.05, 0.1) is 37.5 Å². The van der Waals surface area contributed by atoms with Crippen LogP contribution in [0.15, 0.2) is 35.1 Å². The molecule has 0 amide bonds. The quantitative estimate of drug-likeness (QED) is 0.122. The van der Waals surface area contributed by atoms with E-state index in [9.17, 15) is 9.90 Å². The van der Waals surface area contributed by atoms with Crippen LogP contribution in [-0.4, -0.2) is 96.6 Å². The maximum atomic E-state index is 11.2. The average Bonchev–Trinajstić information content (AvgIpc) is 2.84. The second-order valence-electron chi connectivity index (χ2n) is 7.13. The molecular formula is C24H37NO11Rf2-4. The van der Waals surface area contributed by atoms with E-state index in [1.807, 2.05) is 6.07 Å². The number of nitrogens with one attached hydrogen (secondary N) is 1. The van der Waals surface area contributed by atoms with E-state index in [1.165, 1.54) is 6.07 Å². The summed E-state index contributed by atoms with van der Waals surface area (Å²) < 4.78 is 27.8. The molecule has 1 aromatic heterocycles. The van der Waals surface area contributed by atoms with Crippen LogP contribution in [0.1, 0.15) is 0 Å². The van der Waals surface area contributed by atoms with E-state index in [-0.39, 0.29) is 58.4 Å². The van der Waals surface area contributed by atoms with Crippen molar-refractivity contribution in [3.05, 3.63) is 69.1 Å². The van der Waals surface area contributed by atoms with Gasteiger partial charge >= 0.3 is 0 Å². The number of rotatable bonds is 15. The van der Waals surface area contributed by atoms with Crippen LogP contribution in [0.25, 0.3) is 10.9 Å². The van der Waals surface area contributed by atoms with Gasteiger partial charge in [-0.15, -0.1) is 0 Å². The van der Waals surface area contributed by atoms with Gasteiger partial charge in [0.2, 0.25) is 5.56 Å². The van der Waals surface area contributed by atoms with Crippen LogP contribution in [-0.2, 0) is 23.7 Å². The number of benzene rings is 1. The molecule has 2 aromatic rings. The van der Waals surface area contributed by atoms with E-state index in [1.54, 1.807) is 18.2 Å².